The molecule has 0 radical (unpaired) electrons. The zero-order valence-electron chi connectivity index (χ0n) is 14.0. The predicted molar refractivity (Wildman–Crippen MR) is 93.2 cm³/mol. The summed E-state index contributed by atoms with van der Waals surface area (Å²) in [5, 5.41) is 0. The van der Waals surface area contributed by atoms with Crippen molar-refractivity contribution in [2.75, 3.05) is 0 Å². The normalized spacial score (nSPS) is 12.5. The van der Waals surface area contributed by atoms with Crippen molar-refractivity contribution in [1.82, 2.24) is 5.43 Å². The van der Waals surface area contributed by atoms with E-state index in [4.69, 9.17) is 5.84 Å². The van der Waals surface area contributed by atoms with E-state index in [2.05, 4.69) is 43.5 Å². The van der Waals surface area contributed by atoms with Crippen LogP contribution in [0, 0.1) is 0 Å². The molecule has 0 spiro atoms. The highest BCUT2D eigenvalue weighted by Gasteiger charge is 2.07. The molecule has 120 valence electrons. The zero-order valence-corrected chi connectivity index (χ0v) is 14.0. The average molecular weight is 290 g/mol. The van der Waals surface area contributed by atoms with Crippen LogP contribution >= 0.6 is 0 Å². The van der Waals surface area contributed by atoms with Gasteiger partial charge in [0.1, 0.15) is 0 Å². The van der Waals surface area contributed by atoms with Crippen molar-refractivity contribution in [1.29, 1.82) is 0 Å². The molecule has 0 aliphatic heterocycles. The summed E-state index contributed by atoms with van der Waals surface area (Å²) in [7, 11) is 0. The first-order chi connectivity index (χ1) is 10.3. The molecule has 3 N–H and O–H groups in total. The van der Waals surface area contributed by atoms with Crippen molar-refractivity contribution in [3.63, 3.8) is 0 Å². The fourth-order valence-corrected chi connectivity index (χ4v) is 2.79. The third kappa shape index (κ3) is 8.23. The molecular weight excluding hydrogens is 256 g/mol. The largest absolute Gasteiger partial charge is 0.271 e. The van der Waals surface area contributed by atoms with Crippen LogP contribution in [-0.4, -0.2) is 6.04 Å². The van der Waals surface area contributed by atoms with E-state index in [1.807, 2.05) is 0 Å². The Morgan fingerprint density at radius 3 is 2.00 bits per heavy atom. The Morgan fingerprint density at radius 2 is 1.43 bits per heavy atom. The Balaban J connectivity index is 2.18. The molecule has 2 heteroatoms. The molecule has 1 unspecified atom stereocenters. The standard InChI is InChI=1S/C19H34N2/c1-3-5-6-7-8-9-10-11-19(21-20)16-18-14-12-17(4-2)13-15-18/h12-15,19,21H,3-11,16,20H2,1-2H3. The van der Waals surface area contributed by atoms with Gasteiger partial charge in [0.25, 0.3) is 0 Å². The topological polar surface area (TPSA) is 38.0 Å². The number of nitrogens with one attached hydrogen (secondary N) is 1. The Morgan fingerprint density at radius 1 is 0.857 bits per heavy atom. The van der Waals surface area contributed by atoms with Gasteiger partial charge in [0.15, 0.2) is 0 Å². The van der Waals surface area contributed by atoms with Crippen molar-refractivity contribution in [2.24, 2.45) is 5.84 Å². The van der Waals surface area contributed by atoms with E-state index in [1.54, 1.807) is 0 Å². The highest BCUT2D eigenvalue weighted by atomic mass is 15.2. The second-order valence-corrected chi connectivity index (χ2v) is 6.15. The summed E-state index contributed by atoms with van der Waals surface area (Å²) in [6.07, 6.45) is 12.9. The monoisotopic (exact) mass is 290 g/mol. The minimum atomic E-state index is 0.410. The molecule has 0 aliphatic rings. The average Bonchev–Trinajstić information content (AvgIpc) is 2.53. The minimum absolute atomic E-state index is 0.410. The van der Waals surface area contributed by atoms with Crippen LogP contribution in [0.25, 0.3) is 0 Å². The van der Waals surface area contributed by atoms with Gasteiger partial charge in [0, 0.05) is 6.04 Å². The van der Waals surface area contributed by atoms with E-state index in [1.165, 1.54) is 62.5 Å². The molecule has 1 aromatic carbocycles. The fourth-order valence-electron chi connectivity index (χ4n) is 2.79. The van der Waals surface area contributed by atoms with E-state index in [9.17, 15) is 0 Å². The molecule has 0 aromatic heterocycles. The summed E-state index contributed by atoms with van der Waals surface area (Å²) in [6, 6.07) is 9.36. The van der Waals surface area contributed by atoms with Gasteiger partial charge in [-0.25, -0.2) is 0 Å². The lowest BCUT2D eigenvalue weighted by molar-refractivity contribution is 0.458. The second kappa shape index (κ2) is 11.8. The first kappa shape index (κ1) is 18.2. The lowest BCUT2D eigenvalue weighted by Crippen LogP contribution is -2.36. The van der Waals surface area contributed by atoms with Gasteiger partial charge < -0.3 is 0 Å². The van der Waals surface area contributed by atoms with Gasteiger partial charge in [0.2, 0.25) is 0 Å². The number of benzene rings is 1. The summed E-state index contributed by atoms with van der Waals surface area (Å²) in [4.78, 5) is 0. The Kier molecular flexibility index (Phi) is 10.2. The number of hydrogen-bond acceptors (Lipinski definition) is 2. The van der Waals surface area contributed by atoms with Gasteiger partial charge in [-0.1, -0.05) is 83.1 Å². The number of hydrogen-bond donors (Lipinski definition) is 2. The molecule has 0 aliphatic carbocycles. The molecule has 1 aromatic rings. The highest BCUT2D eigenvalue weighted by molar-refractivity contribution is 5.23. The van der Waals surface area contributed by atoms with Gasteiger partial charge in [0.05, 0.1) is 0 Å². The van der Waals surface area contributed by atoms with E-state index in [-0.39, 0.29) is 0 Å². The second-order valence-electron chi connectivity index (χ2n) is 6.15. The predicted octanol–water partition coefficient (Wildman–Crippen LogP) is 4.76. The van der Waals surface area contributed by atoms with Crippen molar-refractivity contribution < 1.29 is 0 Å². The summed E-state index contributed by atoms with van der Waals surface area (Å²) in [5.74, 6) is 5.71. The first-order valence-corrected chi connectivity index (χ1v) is 8.84. The molecule has 0 saturated heterocycles. The third-order valence-corrected chi connectivity index (χ3v) is 4.31. The maximum absolute atomic E-state index is 5.71. The molecule has 1 atom stereocenters. The summed E-state index contributed by atoms with van der Waals surface area (Å²) in [5.41, 5.74) is 5.78. The number of aryl methyl sites for hydroxylation is 1. The Hall–Kier alpha value is -0.860. The van der Waals surface area contributed by atoms with Crippen LogP contribution < -0.4 is 11.3 Å². The quantitative estimate of drug-likeness (QED) is 0.331. The van der Waals surface area contributed by atoms with Crippen LogP contribution in [0.5, 0.6) is 0 Å². The molecule has 2 nitrogen and oxygen atoms in total. The lowest BCUT2D eigenvalue weighted by Gasteiger charge is -2.16. The van der Waals surface area contributed by atoms with Crippen LogP contribution in [0.15, 0.2) is 24.3 Å². The molecular formula is C19H34N2. The highest BCUT2D eigenvalue weighted by Crippen LogP contribution is 2.13. The van der Waals surface area contributed by atoms with E-state index < -0.39 is 0 Å². The third-order valence-electron chi connectivity index (χ3n) is 4.31. The molecule has 0 saturated carbocycles. The van der Waals surface area contributed by atoms with Crippen molar-refractivity contribution in [2.45, 2.75) is 84.1 Å². The van der Waals surface area contributed by atoms with Gasteiger partial charge in [-0.15, -0.1) is 0 Å². The van der Waals surface area contributed by atoms with Crippen LogP contribution in [0.3, 0.4) is 0 Å². The molecule has 21 heavy (non-hydrogen) atoms. The molecule has 1 rings (SSSR count). The van der Waals surface area contributed by atoms with E-state index >= 15 is 0 Å². The SMILES string of the molecule is CCCCCCCCCC(Cc1ccc(CC)cc1)NN. The maximum Gasteiger partial charge on any atom is 0.0250 e. The zero-order chi connectivity index (χ0) is 15.3. The van der Waals surface area contributed by atoms with Crippen LogP contribution in [-0.2, 0) is 12.8 Å². The van der Waals surface area contributed by atoms with Gasteiger partial charge in [-0.3, -0.25) is 11.3 Å². The fraction of sp³-hybridized carbons (Fsp3) is 0.684. The molecule has 0 amide bonds. The number of hydrazine groups is 1. The Bertz CT molecular complexity index is 345. The van der Waals surface area contributed by atoms with Crippen molar-refractivity contribution in [3.05, 3.63) is 35.4 Å². The number of nitrogens with two attached hydrogens (primary N) is 1. The van der Waals surface area contributed by atoms with E-state index in [0.717, 1.165) is 12.8 Å². The van der Waals surface area contributed by atoms with E-state index in [0.29, 0.717) is 6.04 Å². The number of rotatable bonds is 12. The van der Waals surface area contributed by atoms with Crippen LogP contribution in [0.2, 0.25) is 0 Å². The van der Waals surface area contributed by atoms with Gasteiger partial charge in [-0.2, -0.15) is 0 Å². The summed E-state index contributed by atoms with van der Waals surface area (Å²) < 4.78 is 0. The number of unbranched alkanes of at least 4 members (excludes halogenated alkanes) is 6. The van der Waals surface area contributed by atoms with Crippen LogP contribution in [0.1, 0.15) is 76.3 Å². The lowest BCUT2D eigenvalue weighted by atomic mass is 9.99. The summed E-state index contributed by atoms with van der Waals surface area (Å²) in [6.45, 7) is 4.46. The molecule has 0 bridgehead atoms. The minimum Gasteiger partial charge on any atom is -0.271 e. The first-order valence-electron chi connectivity index (χ1n) is 8.84. The molecule has 0 fully saturated rings. The van der Waals surface area contributed by atoms with Crippen LogP contribution in [0.4, 0.5) is 0 Å². The molecule has 0 heterocycles. The van der Waals surface area contributed by atoms with Crippen molar-refractivity contribution in [3.8, 4) is 0 Å². The Labute approximate surface area is 131 Å². The summed E-state index contributed by atoms with van der Waals surface area (Å²) >= 11 is 0. The van der Waals surface area contributed by atoms with Gasteiger partial charge in [-0.05, 0) is 30.4 Å². The maximum atomic E-state index is 5.71. The van der Waals surface area contributed by atoms with Gasteiger partial charge >= 0.3 is 0 Å². The smallest absolute Gasteiger partial charge is 0.0250 e. The van der Waals surface area contributed by atoms with Crippen molar-refractivity contribution >= 4 is 0 Å².